The van der Waals surface area contributed by atoms with E-state index in [0.717, 1.165) is 18.2 Å². The van der Waals surface area contributed by atoms with Gasteiger partial charge in [0, 0.05) is 18.6 Å². The summed E-state index contributed by atoms with van der Waals surface area (Å²) in [4.78, 5) is 8.74. The number of rotatable bonds is 5. The average molecular weight is 247 g/mol. The third-order valence-corrected chi connectivity index (χ3v) is 3.89. The Labute approximate surface area is 110 Å². The van der Waals surface area contributed by atoms with Crippen molar-refractivity contribution in [1.29, 1.82) is 0 Å². The number of aromatic nitrogens is 2. The van der Waals surface area contributed by atoms with Gasteiger partial charge in [-0.3, -0.25) is 9.97 Å². The SMILES string of the molecule is CCCNC(c1cnccn1)C1CCCCCC1. The molecule has 1 aromatic rings. The molecule has 3 nitrogen and oxygen atoms in total. The number of hydrogen-bond donors (Lipinski definition) is 1. The fourth-order valence-corrected chi connectivity index (χ4v) is 2.93. The zero-order valence-corrected chi connectivity index (χ0v) is 11.4. The molecule has 18 heavy (non-hydrogen) atoms. The minimum absolute atomic E-state index is 0.400. The van der Waals surface area contributed by atoms with Gasteiger partial charge in [0.15, 0.2) is 0 Å². The Kier molecular flexibility index (Phi) is 5.59. The van der Waals surface area contributed by atoms with Gasteiger partial charge in [0.2, 0.25) is 0 Å². The number of nitrogens with zero attached hydrogens (tertiary/aromatic N) is 2. The third kappa shape index (κ3) is 3.77. The van der Waals surface area contributed by atoms with Crippen molar-refractivity contribution in [3.05, 3.63) is 24.3 Å². The van der Waals surface area contributed by atoms with Crippen molar-refractivity contribution in [3.63, 3.8) is 0 Å². The molecule has 1 unspecified atom stereocenters. The molecule has 1 heterocycles. The van der Waals surface area contributed by atoms with Crippen LogP contribution >= 0.6 is 0 Å². The van der Waals surface area contributed by atoms with Gasteiger partial charge < -0.3 is 5.32 Å². The van der Waals surface area contributed by atoms with E-state index in [1.165, 1.54) is 44.9 Å². The van der Waals surface area contributed by atoms with Crippen LogP contribution in [0.2, 0.25) is 0 Å². The zero-order valence-electron chi connectivity index (χ0n) is 11.4. The van der Waals surface area contributed by atoms with Gasteiger partial charge in [-0.1, -0.05) is 32.6 Å². The van der Waals surface area contributed by atoms with E-state index in [-0.39, 0.29) is 0 Å². The van der Waals surface area contributed by atoms with E-state index in [9.17, 15) is 0 Å². The molecule has 100 valence electrons. The molecular formula is C15H25N3. The molecule has 0 spiro atoms. The molecule has 2 rings (SSSR count). The van der Waals surface area contributed by atoms with Crippen LogP contribution in [0.3, 0.4) is 0 Å². The van der Waals surface area contributed by atoms with Gasteiger partial charge >= 0.3 is 0 Å². The molecule has 3 heteroatoms. The Morgan fingerprint density at radius 2 is 2.00 bits per heavy atom. The molecule has 0 amide bonds. The van der Waals surface area contributed by atoms with Crippen LogP contribution in [0.15, 0.2) is 18.6 Å². The maximum atomic E-state index is 4.51. The van der Waals surface area contributed by atoms with Crippen molar-refractivity contribution in [3.8, 4) is 0 Å². The predicted molar refractivity (Wildman–Crippen MR) is 74.3 cm³/mol. The summed E-state index contributed by atoms with van der Waals surface area (Å²) in [5, 5.41) is 3.68. The van der Waals surface area contributed by atoms with Crippen molar-refractivity contribution >= 4 is 0 Å². The quantitative estimate of drug-likeness (QED) is 0.809. The minimum Gasteiger partial charge on any atom is -0.308 e. The first-order chi connectivity index (χ1) is 8.92. The molecule has 1 atom stereocenters. The predicted octanol–water partition coefficient (Wildman–Crippen LogP) is 3.49. The standard InChI is InChI=1S/C15H25N3/c1-2-9-18-15(14-12-16-10-11-17-14)13-7-5-3-4-6-8-13/h10-13,15,18H,2-9H2,1H3. The Morgan fingerprint density at radius 3 is 2.61 bits per heavy atom. The lowest BCUT2D eigenvalue weighted by Crippen LogP contribution is -2.29. The highest BCUT2D eigenvalue weighted by Gasteiger charge is 2.24. The van der Waals surface area contributed by atoms with Crippen molar-refractivity contribution in [2.45, 2.75) is 57.9 Å². The summed E-state index contributed by atoms with van der Waals surface area (Å²) in [6.45, 7) is 3.28. The van der Waals surface area contributed by atoms with Crippen LogP contribution in [-0.2, 0) is 0 Å². The van der Waals surface area contributed by atoms with Crippen molar-refractivity contribution in [1.82, 2.24) is 15.3 Å². The lowest BCUT2D eigenvalue weighted by atomic mass is 9.90. The van der Waals surface area contributed by atoms with Crippen LogP contribution in [0.25, 0.3) is 0 Å². The smallest absolute Gasteiger partial charge is 0.0758 e. The average Bonchev–Trinajstić information content (AvgIpc) is 2.70. The molecular weight excluding hydrogens is 222 g/mol. The second-order valence-electron chi connectivity index (χ2n) is 5.31. The highest BCUT2D eigenvalue weighted by atomic mass is 15.0. The largest absolute Gasteiger partial charge is 0.308 e. The molecule has 0 aromatic carbocycles. The molecule has 1 saturated carbocycles. The summed E-state index contributed by atoms with van der Waals surface area (Å²) in [6, 6.07) is 0.400. The van der Waals surface area contributed by atoms with E-state index in [1.54, 1.807) is 6.20 Å². The van der Waals surface area contributed by atoms with Crippen LogP contribution in [0.5, 0.6) is 0 Å². The minimum atomic E-state index is 0.400. The van der Waals surface area contributed by atoms with Gasteiger partial charge in [0.1, 0.15) is 0 Å². The molecule has 1 aliphatic carbocycles. The molecule has 1 fully saturated rings. The molecule has 0 radical (unpaired) electrons. The van der Waals surface area contributed by atoms with Crippen LogP contribution in [0.1, 0.15) is 63.6 Å². The van der Waals surface area contributed by atoms with Crippen LogP contribution < -0.4 is 5.32 Å². The lowest BCUT2D eigenvalue weighted by Gasteiger charge is -2.26. The maximum absolute atomic E-state index is 4.51. The summed E-state index contributed by atoms with van der Waals surface area (Å²) in [6.07, 6.45) is 14.9. The van der Waals surface area contributed by atoms with Gasteiger partial charge in [0.05, 0.1) is 11.7 Å². The molecule has 0 bridgehead atoms. The summed E-state index contributed by atoms with van der Waals surface area (Å²) < 4.78 is 0. The molecule has 1 N–H and O–H groups in total. The van der Waals surface area contributed by atoms with Crippen molar-refractivity contribution < 1.29 is 0 Å². The maximum Gasteiger partial charge on any atom is 0.0758 e. The highest BCUT2D eigenvalue weighted by Crippen LogP contribution is 2.32. The topological polar surface area (TPSA) is 37.8 Å². The molecule has 0 saturated heterocycles. The van der Waals surface area contributed by atoms with Crippen LogP contribution in [0, 0.1) is 5.92 Å². The van der Waals surface area contributed by atoms with Gasteiger partial charge in [-0.2, -0.15) is 0 Å². The second-order valence-corrected chi connectivity index (χ2v) is 5.31. The monoisotopic (exact) mass is 247 g/mol. The van der Waals surface area contributed by atoms with Gasteiger partial charge in [-0.25, -0.2) is 0 Å². The Hall–Kier alpha value is -0.960. The van der Waals surface area contributed by atoms with Gasteiger partial charge in [0.25, 0.3) is 0 Å². The van der Waals surface area contributed by atoms with Gasteiger partial charge in [-0.05, 0) is 31.7 Å². The molecule has 0 aliphatic heterocycles. The zero-order chi connectivity index (χ0) is 12.6. The first-order valence-corrected chi connectivity index (χ1v) is 7.41. The fourth-order valence-electron chi connectivity index (χ4n) is 2.93. The third-order valence-electron chi connectivity index (χ3n) is 3.89. The van der Waals surface area contributed by atoms with E-state index in [4.69, 9.17) is 0 Å². The van der Waals surface area contributed by atoms with E-state index in [1.807, 2.05) is 12.4 Å². The second kappa shape index (κ2) is 7.47. The number of nitrogens with one attached hydrogen (secondary N) is 1. The van der Waals surface area contributed by atoms with Crippen LogP contribution in [-0.4, -0.2) is 16.5 Å². The Balaban J connectivity index is 2.08. The van der Waals surface area contributed by atoms with E-state index < -0.39 is 0 Å². The van der Waals surface area contributed by atoms with Crippen molar-refractivity contribution in [2.75, 3.05) is 6.54 Å². The van der Waals surface area contributed by atoms with Crippen LogP contribution in [0.4, 0.5) is 0 Å². The number of hydrogen-bond acceptors (Lipinski definition) is 3. The summed E-state index contributed by atoms with van der Waals surface area (Å²) >= 11 is 0. The molecule has 1 aliphatic rings. The summed E-state index contributed by atoms with van der Waals surface area (Å²) in [5.41, 5.74) is 1.12. The van der Waals surface area contributed by atoms with E-state index in [0.29, 0.717) is 6.04 Å². The molecule has 1 aromatic heterocycles. The summed E-state index contributed by atoms with van der Waals surface area (Å²) in [5.74, 6) is 0.732. The lowest BCUT2D eigenvalue weighted by molar-refractivity contribution is 0.319. The fraction of sp³-hybridized carbons (Fsp3) is 0.733. The summed E-state index contributed by atoms with van der Waals surface area (Å²) in [7, 11) is 0. The normalized spacial score (nSPS) is 19.4. The van der Waals surface area contributed by atoms with E-state index >= 15 is 0 Å². The highest BCUT2D eigenvalue weighted by molar-refractivity contribution is 5.04. The van der Waals surface area contributed by atoms with Gasteiger partial charge in [-0.15, -0.1) is 0 Å². The van der Waals surface area contributed by atoms with E-state index in [2.05, 4.69) is 22.2 Å². The first-order valence-electron chi connectivity index (χ1n) is 7.41. The van der Waals surface area contributed by atoms with Crippen molar-refractivity contribution in [2.24, 2.45) is 5.92 Å². The first kappa shape index (κ1) is 13.5. The Bertz CT molecular complexity index is 318. The Morgan fingerprint density at radius 1 is 1.22 bits per heavy atom.